The molecule has 0 bridgehead atoms. The molecule has 3 unspecified atom stereocenters. The van der Waals surface area contributed by atoms with E-state index in [1.54, 1.807) is 0 Å². The number of nitrogens with zero attached hydrogens (tertiary/aromatic N) is 1. The molecule has 0 spiro atoms. The molecule has 3 atom stereocenters. The number of ether oxygens (including phenoxy) is 1. The Morgan fingerprint density at radius 1 is 1.39 bits per heavy atom. The zero-order valence-corrected chi connectivity index (χ0v) is 13.7. The van der Waals surface area contributed by atoms with Gasteiger partial charge in [-0.05, 0) is 20.8 Å². The van der Waals surface area contributed by atoms with Gasteiger partial charge in [0.2, 0.25) is 0 Å². The fourth-order valence-corrected chi connectivity index (χ4v) is 3.19. The van der Waals surface area contributed by atoms with Crippen LogP contribution in [-0.4, -0.2) is 42.3 Å². The quantitative estimate of drug-likeness (QED) is 0.518. The number of aliphatic hydroxyl groups is 1. The van der Waals surface area contributed by atoms with E-state index >= 15 is 0 Å². The predicted octanol–water partition coefficient (Wildman–Crippen LogP) is -0.751. The SMILES string of the molecule is CC1(n2ccc(=O)[nH]c2=O)CC(C)(O)C(C)(COP(=O)(O)O)O1. The molecule has 1 aromatic heterocycles. The number of rotatable bonds is 4. The third kappa shape index (κ3) is 3.47. The zero-order valence-electron chi connectivity index (χ0n) is 12.8. The molecule has 0 radical (unpaired) electrons. The van der Waals surface area contributed by atoms with Crippen molar-refractivity contribution in [1.29, 1.82) is 0 Å². The van der Waals surface area contributed by atoms with Gasteiger partial charge in [0.05, 0.1) is 12.2 Å². The van der Waals surface area contributed by atoms with E-state index in [1.165, 1.54) is 27.0 Å². The summed E-state index contributed by atoms with van der Waals surface area (Å²) in [5.41, 5.74) is -5.67. The van der Waals surface area contributed by atoms with Crippen molar-refractivity contribution in [3.05, 3.63) is 33.1 Å². The van der Waals surface area contributed by atoms with Crippen LogP contribution in [-0.2, 0) is 19.6 Å². The van der Waals surface area contributed by atoms with Crippen LogP contribution in [0.4, 0.5) is 0 Å². The summed E-state index contributed by atoms with van der Waals surface area (Å²) in [6, 6.07) is 1.13. The van der Waals surface area contributed by atoms with Crippen molar-refractivity contribution in [2.24, 2.45) is 0 Å². The van der Waals surface area contributed by atoms with E-state index < -0.39 is 42.6 Å². The summed E-state index contributed by atoms with van der Waals surface area (Å²) in [6.45, 7) is 3.77. The molecule has 2 rings (SSSR count). The van der Waals surface area contributed by atoms with Gasteiger partial charge in [-0.1, -0.05) is 0 Å². The number of phosphoric ester groups is 1. The Hall–Kier alpha value is -1.29. The van der Waals surface area contributed by atoms with Crippen LogP contribution in [0.15, 0.2) is 21.9 Å². The van der Waals surface area contributed by atoms with Crippen LogP contribution in [0.2, 0.25) is 0 Å². The first-order valence-corrected chi connectivity index (χ1v) is 8.26. The average molecular weight is 350 g/mol. The molecule has 4 N–H and O–H groups in total. The van der Waals surface area contributed by atoms with Gasteiger partial charge in [-0.3, -0.25) is 18.9 Å². The van der Waals surface area contributed by atoms with Gasteiger partial charge >= 0.3 is 13.5 Å². The second kappa shape index (κ2) is 5.37. The molecule has 10 nitrogen and oxygen atoms in total. The number of aromatic nitrogens is 2. The first-order chi connectivity index (χ1) is 10.3. The first kappa shape index (κ1) is 18.1. The maximum Gasteiger partial charge on any atom is 0.469 e. The first-order valence-electron chi connectivity index (χ1n) is 6.73. The van der Waals surface area contributed by atoms with Crippen LogP contribution in [0, 0.1) is 0 Å². The van der Waals surface area contributed by atoms with E-state index in [-0.39, 0.29) is 6.42 Å². The molecule has 1 aliphatic rings. The van der Waals surface area contributed by atoms with Crippen molar-refractivity contribution in [2.45, 2.75) is 44.1 Å². The third-order valence-corrected chi connectivity index (χ3v) is 4.56. The van der Waals surface area contributed by atoms with E-state index in [0.717, 1.165) is 10.6 Å². The van der Waals surface area contributed by atoms with Gasteiger partial charge in [-0.15, -0.1) is 0 Å². The Labute approximate surface area is 130 Å². The zero-order chi connectivity index (χ0) is 17.7. The van der Waals surface area contributed by atoms with Crippen LogP contribution in [0.1, 0.15) is 27.2 Å². The Morgan fingerprint density at radius 2 is 2.00 bits per heavy atom. The van der Waals surface area contributed by atoms with Crippen LogP contribution in [0.25, 0.3) is 0 Å². The van der Waals surface area contributed by atoms with Gasteiger partial charge in [-0.25, -0.2) is 9.36 Å². The van der Waals surface area contributed by atoms with Gasteiger partial charge in [-0.2, -0.15) is 0 Å². The highest BCUT2D eigenvalue weighted by molar-refractivity contribution is 7.46. The van der Waals surface area contributed by atoms with Crippen molar-refractivity contribution in [2.75, 3.05) is 6.61 Å². The lowest BCUT2D eigenvalue weighted by Crippen LogP contribution is -2.49. The van der Waals surface area contributed by atoms with Gasteiger partial charge < -0.3 is 19.6 Å². The van der Waals surface area contributed by atoms with Crippen molar-refractivity contribution < 1.29 is 28.7 Å². The lowest BCUT2D eigenvalue weighted by Gasteiger charge is -2.35. The van der Waals surface area contributed by atoms with Crippen LogP contribution in [0.5, 0.6) is 0 Å². The predicted molar refractivity (Wildman–Crippen MR) is 77.7 cm³/mol. The van der Waals surface area contributed by atoms with E-state index in [0.29, 0.717) is 0 Å². The monoisotopic (exact) mass is 350 g/mol. The minimum absolute atomic E-state index is 0.0625. The second-order valence-corrected chi connectivity index (χ2v) is 7.44. The van der Waals surface area contributed by atoms with Crippen molar-refractivity contribution >= 4 is 7.82 Å². The summed E-state index contributed by atoms with van der Waals surface area (Å²) in [5.74, 6) is 0. The lowest BCUT2D eigenvalue weighted by molar-refractivity contribution is -0.178. The number of nitrogens with one attached hydrogen (secondary N) is 1. The molecule has 1 aliphatic heterocycles. The lowest BCUT2D eigenvalue weighted by atomic mass is 9.85. The fourth-order valence-electron chi connectivity index (χ4n) is 2.77. The summed E-state index contributed by atoms with van der Waals surface area (Å²) in [5, 5.41) is 10.6. The van der Waals surface area contributed by atoms with Crippen molar-refractivity contribution in [1.82, 2.24) is 9.55 Å². The number of hydrogen-bond acceptors (Lipinski definition) is 6. The summed E-state index contributed by atoms with van der Waals surface area (Å²) >= 11 is 0. The molecule has 0 aromatic carbocycles. The molecule has 1 aromatic rings. The molecule has 0 saturated carbocycles. The summed E-state index contributed by atoms with van der Waals surface area (Å²) in [6.07, 6.45) is 1.17. The Balaban J connectivity index is 2.39. The van der Waals surface area contributed by atoms with E-state index in [9.17, 15) is 19.3 Å². The van der Waals surface area contributed by atoms with E-state index in [2.05, 4.69) is 9.51 Å². The van der Waals surface area contributed by atoms with Gasteiger partial charge in [0, 0.05) is 18.7 Å². The summed E-state index contributed by atoms with van der Waals surface area (Å²) < 4.78 is 22.3. The second-order valence-electron chi connectivity index (χ2n) is 6.20. The summed E-state index contributed by atoms with van der Waals surface area (Å²) in [4.78, 5) is 42.9. The van der Waals surface area contributed by atoms with Crippen LogP contribution >= 0.6 is 7.82 Å². The molecular weight excluding hydrogens is 331 g/mol. The van der Waals surface area contributed by atoms with Gasteiger partial charge in [0.1, 0.15) is 11.3 Å². The minimum Gasteiger partial charge on any atom is -0.387 e. The highest BCUT2D eigenvalue weighted by Crippen LogP contribution is 2.49. The molecular formula is C12H19N2O8P. The Bertz CT molecular complexity index is 765. The molecule has 0 aliphatic carbocycles. The molecule has 11 heteroatoms. The Morgan fingerprint density at radius 3 is 2.52 bits per heavy atom. The third-order valence-electron chi connectivity index (χ3n) is 4.10. The largest absolute Gasteiger partial charge is 0.469 e. The number of aromatic amines is 1. The van der Waals surface area contributed by atoms with Crippen LogP contribution < -0.4 is 11.2 Å². The minimum atomic E-state index is -4.75. The number of phosphoric acid groups is 1. The fraction of sp³-hybridized carbons (Fsp3) is 0.667. The van der Waals surface area contributed by atoms with E-state index in [1.807, 2.05) is 0 Å². The molecule has 2 heterocycles. The molecule has 0 amide bonds. The maximum atomic E-state index is 12.0. The topological polar surface area (TPSA) is 151 Å². The number of hydrogen-bond donors (Lipinski definition) is 4. The van der Waals surface area contributed by atoms with E-state index in [4.69, 9.17) is 14.5 Å². The standard InChI is InChI=1S/C12H19N2O8P/c1-10(17)6-12(3,14-5-4-8(15)13-9(14)16)22-11(10,2)7-21-23(18,19)20/h4-5,17H,6-7H2,1-3H3,(H,13,15,16)(H2,18,19,20). The Kier molecular flexibility index (Phi) is 4.21. The highest BCUT2D eigenvalue weighted by Gasteiger charge is 2.59. The smallest absolute Gasteiger partial charge is 0.387 e. The van der Waals surface area contributed by atoms with Crippen molar-refractivity contribution in [3.8, 4) is 0 Å². The summed E-state index contributed by atoms with van der Waals surface area (Å²) in [7, 11) is -4.75. The molecule has 23 heavy (non-hydrogen) atoms. The number of H-pyrrole nitrogens is 1. The molecule has 1 fully saturated rings. The maximum absolute atomic E-state index is 12.0. The van der Waals surface area contributed by atoms with Crippen molar-refractivity contribution in [3.63, 3.8) is 0 Å². The van der Waals surface area contributed by atoms with Crippen LogP contribution in [0.3, 0.4) is 0 Å². The average Bonchev–Trinajstić information content (AvgIpc) is 2.52. The van der Waals surface area contributed by atoms with Gasteiger partial charge in [0.15, 0.2) is 0 Å². The highest BCUT2D eigenvalue weighted by atomic mass is 31.2. The molecule has 130 valence electrons. The molecule has 1 saturated heterocycles. The van der Waals surface area contributed by atoms with Gasteiger partial charge in [0.25, 0.3) is 5.56 Å². The normalized spacial score (nSPS) is 34.7.